The van der Waals surface area contributed by atoms with Crippen LogP contribution in [0.3, 0.4) is 0 Å². The van der Waals surface area contributed by atoms with Crippen LogP contribution in [0.25, 0.3) is 0 Å². The van der Waals surface area contributed by atoms with E-state index in [0.717, 1.165) is 32.2 Å². The van der Waals surface area contributed by atoms with Crippen molar-refractivity contribution in [3.63, 3.8) is 0 Å². The van der Waals surface area contributed by atoms with Crippen molar-refractivity contribution in [2.24, 2.45) is 5.92 Å². The average molecular weight is 270 g/mol. The molecule has 0 atom stereocenters. The van der Waals surface area contributed by atoms with Gasteiger partial charge < -0.3 is 15.0 Å². The molecular weight excluding hydrogens is 236 g/mol. The average Bonchev–Trinajstić information content (AvgIpc) is 2.44. The molecule has 1 saturated heterocycles. The van der Waals surface area contributed by atoms with E-state index in [4.69, 9.17) is 4.74 Å². The second-order valence-electron chi connectivity index (χ2n) is 5.73. The number of nitrogens with one attached hydrogen (secondary N) is 1. The van der Waals surface area contributed by atoms with Crippen LogP contribution in [0.15, 0.2) is 0 Å². The van der Waals surface area contributed by atoms with Gasteiger partial charge >= 0.3 is 0 Å². The number of ether oxygens (including phenoxy) is 1. The van der Waals surface area contributed by atoms with E-state index < -0.39 is 0 Å². The Labute approximate surface area is 120 Å². The number of likely N-dealkylation sites (tertiary alicyclic amines) is 1. The van der Waals surface area contributed by atoms with Crippen LogP contribution >= 0.6 is 0 Å². The summed E-state index contributed by atoms with van der Waals surface area (Å²) in [5.74, 6) is 1.01. The van der Waals surface area contributed by atoms with E-state index in [-0.39, 0.29) is 0 Å². The smallest absolute Gasteiger partial charge is 0.0466 e. The van der Waals surface area contributed by atoms with Gasteiger partial charge in [0.25, 0.3) is 0 Å². The lowest BCUT2D eigenvalue weighted by atomic mass is 9.92. The second-order valence-corrected chi connectivity index (χ2v) is 5.73. The Morgan fingerprint density at radius 3 is 2.58 bits per heavy atom. The van der Waals surface area contributed by atoms with Gasteiger partial charge in [-0.25, -0.2) is 0 Å². The van der Waals surface area contributed by atoms with Crippen LogP contribution in [0.4, 0.5) is 0 Å². The van der Waals surface area contributed by atoms with E-state index in [1.807, 2.05) is 0 Å². The third-order valence-corrected chi connectivity index (χ3v) is 4.11. The predicted octanol–water partition coefficient (Wildman–Crippen LogP) is 2.90. The molecule has 1 aliphatic rings. The topological polar surface area (TPSA) is 24.5 Å². The molecule has 0 radical (unpaired) electrons. The third kappa shape index (κ3) is 8.61. The molecule has 0 amide bonds. The first-order chi connectivity index (χ1) is 9.36. The Bertz CT molecular complexity index is 191. The fourth-order valence-corrected chi connectivity index (χ4v) is 2.87. The van der Waals surface area contributed by atoms with Crippen molar-refractivity contribution in [1.82, 2.24) is 10.2 Å². The standard InChI is InChI=1S/C16H34N2O/c1-3-7-16-8-12-18(13-9-16)14-11-17-10-5-6-15-19-4-2/h16-17H,3-15H2,1-2H3. The van der Waals surface area contributed by atoms with Crippen molar-refractivity contribution in [3.05, 3.63) is 0 Å². The Hall–Kier alpha value is -0.120. The minimum Gasteiger partial charge on any atom is -0.382 e. The van der Waals surface area contributed by atoms with Crippen molar-refractivity contribution in [1.29, 1.82) is 0 Å². The maximum Gasteiger partial charge on any atom is 0.0466 e. The summed E-state index contributed by atoms with van der Waals surface area (Å²) in [5.41, 5.74) is 0. The zero-order valence-corrected chi connectivity index (χ0v) is 13.1. The number of piperidine rings is 1. The fraction of sp³-hybridized carbons (Fsp3) is 1.00. The number of nitrogens with zero attached hydrogens (tertiary/aromatic N) is 1. The van der Waals surface area contributed by atoms with Crippen LogP contribution in [0.1, 0.15) is 52.4 Å². The van der Waals surface area contributed by atoms with Crippen molar-refractivity contribution in [2.75, 3.05) is 45.9 Å². The van der Waals surface area contributed by atoms with E-state index in [2.05, 4.69) is 24.1 Å². The molecule has 1 fully saturated rings. The van der Waals surface area contributed by atoms with Crippen LogP contribution < -0.4 is 5.32 Å². The molecule has 0 aliphatic carbocycles. The number of unbranched alkanes of at least 4 members (excludes halogenated alkanes) is 1. The Morgan fingerprint density at radius 1 is 1.11 bits per heavy atom. The number of hydrogen-bond acceptors (Lipinski definition) is 3. The summed E-state index contributed by atoms with van der Waals surface area (Å²) in [7, 11) is 0. The van der Waals surface area contributed by atoms with Crippen molar-refractivity contribution < 1.29 is 4.74 Å². The summed E-state index contributed by atoms with van der Waals surface area (Å²) in [5, 5.41) is 3.55. The minimum atomic E-state index is 0.849. The van der Waals surface area contributed by atoms with E-state index in [0.29, 0.717) is 0 Å². The molecule has 1 rings (SSSR count). The molecule has 0 aromatic heterocycles. The molecule has 0 unspecified atom stereocenters. The molecule has 3 nitrogen and oxygen atoms in total. The first-order valence-corrected chi connectivity index (χ1v) is 8.37. The largest absolute Gasteiger partial charge is 0.382 e. The van der Waals surface area contributed by atoms with E-state index in [1.165, 1.54) is 58.2 Å². The number of rotatable bonds is 11. The molecule has 0 saturated carbocycles. The molecule has 0 bridgehead atoms. The van der Waals surface area contributed by atoms with Crippen LogP contribution in [0.2, 0.25) is 0 Å². The summed E-state index contributed by atoms with van der Waals surface area (Å²) in [6.45, 7) is 12.3. The zero-order valence-electron chi connectivity index (χ0n) is 13.1. The summed E-state index contributed by atoms with van der Waals surface area (Å²) in [4.78, 5) is 2.62. The van der Waals surface area contributed by atoms with Gasteiger partial charge in [-0.2, -0.15) is 0 Å². The lowest BCUT2D eigenvalue weighted by Gasteiger charge is -2.31. The quantitative estimate of drug-likeness (QED) is 0.584. The first-order valence-electron chi connectivity index (χ1n) is 8.37. The molecule has 1 heterocycles. The van der Waals surface area contributed by atoms with E-state index in [1.54, 1.807) is 0 Å². The third-order valence-electron chi connectivity index (χ3n) is 4.11. The van der Waals surface area contributed by atoms with Gasteiger partial charge in [-0.3, -0.25) is 0 Å². The molecule has 0 spiro atoms. The second kappa shape index (κ2) is 11.7. The van der Waals surface area contributed by atoms with Crippen molar-refractivity contribution >= 4 is 0 Å². The fourth-order valence-electron chi connectivity index (χ4n) is 2.87. The van der Waals surface area contributed by atoms with Gasteiger partial charge in [-0.05, 0) is 58.2 Å². The summed E-state index contributed by atoms with van der Waals surface area (Å²) in [6.07, 6.45) is 8.05. The van der Waals surface area contributed by atoms with Crippen LogP contribution in [-0.2, 0) is 4.74 Å². The highest BCUT2D eigenvalue weighted by molar-refractivity contribution is 4.72. The van der Waals surface area contributed by atoms with Crippen LogP contribution in [0.5, 0.6) is 0 Å². The Kier molecular flexibility index (Phi) is 10.4. The monoisotopic (exact) mass is 270 g/mol. The lowest BCUT2D eigenvalue weighted by Crippen LogP contribution is -2.38. The summed E-state index contributed by atoms with van der Waals surface area (Å²) >= 11 is 0. The molecule has 114 valence electrons. The van der Waals surface area contributed by atoms with E-state index in [9.17, 15) is 0 Å². The summed E-state index contributed by atoms with van der Waals surface area (Å²) < 4.78 is 5.33. The maximum absolute atomic E-state index is 5.33. The first kappa shape index (κ1) is 16.9. The molecule has 0 aromatic rings. The molecule has 0 aromatic carbocycles. The van der Waals surface area contributed by atoms with Gasteiger partial charge in [-0.15, -0.1) is 0 Å². The lowest BCUT2D eigenvalue weighted by molar-refractivity contribution is 0.143. The maximum atomic E-state index is 5.33. The highest BCUT2D eigenvalue weighted by atomic mass is 16.5. The van der Waals surface area contributed by atoms with Gasteiger partial charge in [0.15, 0.2) is 0 Å². The van der Waals surface area contributed by atoms with Crippen molar-refractivity contribution in [3.8, 4) is 0 Å². The molecule has 3 heteroatoms. The normalized spacial score (nSPS) is 18.0. The minimum absolute atomic E-state index is 0.849. The zero-order chi connectivity index (χ0) is 13.8. The van der Waals surface area contributed by atoms with Gasteiger partial charge in [-0.1, -0.05) is 19.8 Å². The van der Waals surface area contributed by atoms with Gasteiger partial charge in [0.1, 0.15) is 0 Å². The number of hydrogen-bond donors (Lipinski definition) is 1. The Morgan fingerprint density at radius 2 is 1.89 bits per heavy atom. The summed E-state index contributed by atoms with van der Waals surface area (Å²) in [6, 6.07) is 0. The predicted molar refractivity (Wildman–Crippen MR) is 82.7 cm³/mol. The highest BCUT2D eigenvalue weighted by Crippen LogP contribution is 2.21. The highest BCUT2D eigenvalue weighted by Gasteiger charge is 2.17. The van der Waals surface area contributed by atoms with Gasteiger partial charge in [0.2, 0.25) is 0 Å². The van der Waals surface area contributed by atoms with Gasteiger partial charge in [0.05, 0.1) is 0 Å². The van der Waals surface area contributed by atoms with Crippen LogP contribution in [0, 0.1) is 5.92 Å². The Balaban J connectivity index is 1.85. The van der Waals surface area contributed by atoms with E-state index >= 15 is 0 Å². The van der Waals surface area contributed by atoms with Gasteiger partial charge in [0, 0.05) is 26.3 Å². The molecule has 19 heavy (non-hydrogen) atoms. The van der Waals surface area contributed by atoms with Crippen LogP contribution in [-0.4, -0.2) is 50.8 Å². The molecule has 1 aliphatic heterocycles. The van der Waals surface area contributed by atoms with Crippen molar-refractivity contribution in [2.45, 2.75) is 52.4 Å². The molecular formula is C16H34N2O. The SMILES string of the molecule is CCCC1CCN(CCNCCCCOCC)CC1. The molecule has 1 N–H and O–H groups in total.